The van der Waals surface area contributed by atoms with Crippen LogP contribution in [0.2, 0.25) is 0 Å². The van der Waals surface area contributed by atoms with Crippen LogP contribution in [0.1, 0.15) is 21.3 Å². The van der Waals surface area contributed by atoms with Crippen LogP contribution >= 0.6 is 0 Å². The molecule has 0 radical (unpaired) electrons. The van der Waals surface area contributed by atoms with Crippen LogP contribution in [0.4, 0.5) is 0 Å². The fraction of sp³-hybridized carbons (Fsp3) is 0.176. The molecule has 0 nitrogen and oxygen atoms in total. The maximum absolute atomic E-state index is 3.31. The van der Waals surface area contributed by atoms with Crippen molar-refractivity contribution in [3.63, 3.8) is 0 Å². The minimum absolute atomic E-state index is 0. The van der Waals surface area contributed by atoms with Gasteiger partial charge in [-0.05, 0) is 12.0 Å². The molecule has 2 aliphatic rings. The Morgan fingerprint density at radius 1 is 1.06 bits per heavy atom. The van der Waals surface area contributed by atoms with Crippen molar-refractivity contribution in [3.05, 3.63) is 84.0 Å². The minimum atomic E-state index is 0. The van der Waals surface area contributed by atoms with Crippen LogP contribution in [0, 0.1) is 12.2 Å². The fourth-order valence-electron chi connectivity index (χ4n) is 1.73. The Morgan fingerprint density at radius 2 is 1.89 bits per heavy atom. The van der Waals surface area contributed by atoms with Crippen LogP contribution in [0.5, 0.6) is 0 Å². The second kappa shape index (κ2) is 9.04. The summed E-state index contributed by atoms with van der Waals surface area (Å²) in [5.74, 6) is 0. The molecule has 0 N–H and O–H groups in total. The van der Waals surface area contributed by atoms with Crippen LogP contribution in [0.3, 0.4) is 0 Å². The van der Waals surface area contributed by atoms with E-state index in [-0.39, 0.29) is 28.7 Å². The molecule has 0 spiro atoms. The van der Waals surface area contributed by atoms with E-state index in [4.69, 9.17) is 0 Å². The van der Waals surface area contributed by atoms with Crippen LogP contribution < -0.4 is 0 Å². The van der Waals surface area contributed by atoms with Crippen molar-refractivity contribution in [1.82, 2.24) is 0 Å². The van der Waals surface area contributed by atoms with E-state index in [9.17, 15) is 0 Å². The molecular weight excluding hydrogens is 383 g/mol. The number of allylic oxidation sites excluding steroid dienone is 8. The van der Waals surface area contributed by atoms with Crippen molar-refractivity contribution >= 4 is 0 Å². The minimum Gasteiger partial charge on any atom is -1.00 e. The first-order valence-corrected chi connectivity index (χ1v) is 5.97. The molecule has 0 saturated heterocycles. The van der Waals surface area contributed by atoms with Gasteiger partial charge in [0.05, 0.1) is 0 Å². The summed E-state index contributed by atoms with van der Waals surface area (Å²) in [5.41, 5.74) is 2.69. The molecule has 1 heteroatoms. The fourth-order valence-corrected chi connectivity index (χ4v) is 1.73. The van der Waals surface area contributed by atoms with Crippen molar-refractivity contribution in [3.8, 4) is 0 Å². The summed E-state index contributed by atoms with van der Waals surface area (Å²) >= 11 is 0. The summed E-state index contributed by atoms with van der Waals surface area (Å²) in [5, 5.41) is 0. The zero-order chi connectivity index (χ0) is 11.8. The van der Waals surface area contributed by atoms with E-state index >= 15 is 0 Å². The van der Waals surface area contributed by atoms with E-state index in [0.29, 0.717) is 0 Å². The first kappa shape index (κ1) is 15.1. The van der Waals surface area contributed by atoms with Gasteiger partial charge in [-0.2, -0.15) is 12.2 Å². The predicted octanol–water partition coefficient (Wildman–Crippen LogP) is 4.45. The molecule has 0 aliphatic heterocycles. The zero-order valence-electron chi connectivity index (χ0n) is 12.4. The van der Waals surface area contributed by atoms with E-state index in [0.717, 1.165) is 19.3 Å². The van der Waals surface area contributed by atoms with Crippen molar-refractivity contribution in [2.75, 3.05) is 0 Å². The maximum atomic E-state index is 3.31. The molecule has 0 amide bonds. The van der Waals surface area contributed by atoms with Crippen LogP contribution in [0.25, 0.3) is 0 Å². The Kier molecular flexibility index (Phi) is 7.59. The van der Waals surface area contributed by atoms with E-state index in [1.54, 1.807) is 0 Å². The molecule has 1 aromatic rings. The Morgan fingerprint density at radius 3 is 2.39 bits per heavy atom. The zero-order valence-corrected chi connectivity index (χ0v) is 14.0. The third kappa shape index (κ3) is 5.59. The van der Waals surface area contributed by atoms with Crippen molar-refractivity contribution < 1.29 is 28.7 Å². The molecule has 3 rings (SSSR count). The van der Waals surface area contributed by atoms with Crippen molar-refractivity contribution in [2.45, 2.75) is 19.3 Å². The number of rotatable bonds is 2. The van der Waals surface area contributed by atoms with Gasteiger partial charge in [0, 0.05) is 25.8 Å². The standard InChI is InChI=1S/C12H11.C5H5.Hf.2H/c1-2-6-11(7-3-1)10-12-8-4-5-9-12;1-2-4-5-3-1;;;/h1-4,6-8H,5,10H2;1-3H,4H2;;;/q2*-1;;2*-1. The number of benzene rings is 1. The number of hydrogen-bond acceptors (Lipinski definition) is 0. The Labute approximate surface area is 132 Å². The Bertz CT molecular complexity index is 449. The molecule has 0 saturated carbocycles. The Hall–Kier alpha value is -0.950. The van der Waals surface area contributed by atoms with Gasteiger partial charge in [-0.25, -0.2) is 23.8 Å². The second-order valence-electron chi connectivity index (χ2n) is 3.97. The smallest absolute Gasteiger partial charge is 0 e. The molecule has 2 aliphatic carbocycles. The summed E-state index contributed by atoms with van der Waals surface area (Å²) in [6.07, 6.45) is 19.6. The molecule has 0 bridgehead atoms. The van der Waals surface area contributed by atoms with Crippen LogP contribution in [-0.4, -0.2) is 0 Å². The normalized spacial score (nSPS) is 14.8. The molecule has 0 fully saturated rings. The van der Waals surface area contributed by atoms with E-state index < -0.39 is 0 Å². The van der Waals surface area contributed by atoms with E-state index in [2.05, 4.69) is 54.6 Å². The van der Waals surface area contributed by atoms with Gasteiger partial charge in [0.25, 0.3) is 0 Å². The van der Waals surface area contributed by atoms with Gasteiger partial charge in [0.2, 0.25) is 0 Å². The molecule has 0 unspecified atom stereocenters. The number of hydrogen-bond donors (Lipinski definition) is 0. The molecule has 0 aromatic heterocycles. The molecular formula is C17H18Hf-4. The van der Waals surface area contributed by atoms with Gasteiger partial charge >= 0.3 is 0 Å². The van der Waals surface area contributed by atoms with Gasteiger partial charge in [0.1, 0.15) is 0 Å². The monoisotopic (exact) mass is 402 g/mol. The molecule has 18 heavy (non-hydrogen) atoms. The summed E-state index contributed by atoms with van der Waals surface area (Å²) < 4.78 is 0. The van der Waals surface area contributed by atoms with Crippen molar-refractivity contribution in [2.24, 2.45) is 0 Å². The largest absolute Gasteiger partial charge is 1.00 e. The first-order valence-electron chi connectivity index (χ1n) is 5.97. The first-order chi connectivity index (χ1) is 8.45. The molecule has 0 atom stereocenters. The predicted molar refractivity (Wildman–Crippen MR) is 74.5 cm³/mol. The van der Waals surface area contributed by atoms with E-state index in [1.807, 2.05) is 18.2 Å². The second-order valence-corrected chi connectivity index (χ2v) is 3.97. The quantitative estimate of drug-likeness (QED) is 0.508. The summed E-state index contributed by atoms with van der Waals surface area (Å²) in [7, 11) is 0. The topological polar surface area (TPSA) is 0 Å². The van der Waals surface area contributed by atoms with Gasteiger partial charge in [-0.15, -0.1) is 12.8 Å². The summed E-state index contributed by atoms with van der Waals surface area (Å²) in [4.78, 5) is 0. The third-order valence-electron chi connectivity index (χ3n) is 2.59. The average Bonchev–Trinajstić information content (AvgIpc) is 3.06. The summed E-state index contributed by atoms with van der Waals surface area (Å²) in [6.45, 7) is 0. The average molecular weight is 401 g/mol. The molecule has 1 aromatic carbocycles. The Balaban J connectivity index is 0. The van der Waals surface area contributed by atoms with Crippen LogP contribution in [0.15, 0.2) is 66.3 Å². The maximum Gasteiger partial charge on any atom is 0 e. The SMILES string of the molecule is [C-]1=C(Cc2ccccc2)C=CC1.[C-]1=CC=CC1.[H-].[H-].[Hf]. The molecule has 94 valence electrons. The summed E-state index contributed by atoms with van der Waals surface area (Å²) in [6, 6.07) is 10.5. The third-order valence-corrected chi connectivity index (χ3v) is 2.59. The van der Waals surface area contributed by atoms with Gasteiger partial charge in [-0.3, -0.25) is 12.2 Å². The molecule has 0 heterocycles. The van der Waals surface area contributed by atoms with Gasteiger partial charge in [0.15, 0.2) is 0 Å². The van der Waals surface area contributed by atoms with Crippen molar-refractivity contribution in [1.29, 1.82) is 0 Å². The van der Waals surface area contributed by atoms with Gasteiger partial charge in [-0.1, -0.05) is 30.3 Å². The van der Waals surface area contributed by atoms with Crippen LogP contribution in [-0.2, 0) is 32.3 Å². The van der Waals surface area contributed by atoms with Gasteiger partial charge < -0.3 is 2.85 Å². The van der Waals surface area contributed by atoms with E-state index in [1.165, 1.54) is 11.1 Å².